The Morgan fingerprint density at radius 1 is 1.36 bits per heavy atom. The zero-order valence-electron chi connectivity index (χ0n) is 13.3. The fourth-order valence-corrected chi connectivity index (χ4v) is 3.14. The SMILES string of the molecule is COC(=O)[C@@H]1c2cc(Cl)ccc2Oc2cc[c-]cc2[C@H]1C[N+](=O)[O-].[Y]. The maximum absolute atomic E-state index is 12.4. The number of carbonyl (C=O) groups is 1. The van der Waals surface area contributed by atoms with Crippen molar-refractivity contribution in [2.24, 2.45) is 0 Å². The van der Waals surface area contributed by atoms with Crippen molar-refractivity contribution in [2.75, 3.05) is 13.7 Å². The van der Waals surface area contributed by atoms with Gasteiger partial charge in [0.25, 0.3) is 0 Å². The van der Waals surface area contributed by atoms with E-state index in [2.05, 4.69) is 6.07 Å². The van der Waals surface area contributed by atoms with Crippen molar-refractivity contribution >= 4 is 17.6 Å². The zero-order chi connectivity index (χ0) is 17.3. The van der Waals surface area contributed by atoms with E-state index < -0.39 is 29.3 Å². The van der Waals surface area contributed by atoms with Crippen molar-refractivity contribution in [1.29, 1.82) is 0 Å². The molecule has 0 unspecified atom stereocenters. The van der Waals surface area contributed by atoms with Gasteiger partial charge >= 0.3 is 5.97 Å². The Morgan fingerprint density at radius 3 is 2.76 bits per heavy atom. The van der Waals surface area contributed by atoms with Crippen LogP contribution in [0.1, 0.15) is 23.0 Å². The van der Waals surface area contributed by atoms with Gasteiger partial charge in [-0.1, -0.05) is 11.6 Å². The van der Waals surface area contributed by atoms with Gasteiger partial charge in [-0.15, -0.1) is 11.6 Å². The molecule has 6 nitrogen and oxygen atoms in total. The Morgan fingerprint density at radius 2 is 2.08 bits per heavy atom. The molecule has 0 bridgehead atoms. The molecule has 2 atom stereocenters. The molecule has 0 aromatic heterocycles. The molecule has 0 amide bonds. The topological polar surface area (TPSA) is 78.7 Å². The van der Waals surface area contributed by atoms with Gasteiger partial charge in [0.15, 0.2) is 0 Å². The second kappa shape index (κ2) is 8.26. The van der Waals surface area contributed by atoms with Crippen LogP contribution in [0.5, 0.6) is 11.5 Å². The van der Waals surface area contributed by atoms with Gasteiger partial charge in [0.1, 0.15) is 5.75 Å². The van der Waals surface area contributed by atoms with Crippen molar-refractivity contribution in [3.63, 3.8) is 0 Å². The average molecular weight is 436 g/mol. The number of nitrogens with zero attached hydrogens (tertiary/aromatic N) is 1. The predicted molar refractivity (Wildman–Crippen MR) is 86.2 cm³/mol. The first-order chi connectivity index (χ1) is 11.5. The summed E-state index contributed by atoms with van der Waals surface area (Å²) >= 11 is 6.06. The second-order valence-electron chi connectivity index (χ2n) is 5.37. The van der Waals surface area contributed by atoms with Crippen LogP contribution in [-0.4, -0.2) is 24.5 Å². The number of benzene rings is 2. The van der Waals surface area contributed by atoms with E-state index >= 15 is 0 Å². The maximum Gasteiger partial charge on any atom is 0.313 e. The van der Waals surface area contributed by atoms with Crippen LogP contribution in [0.15, 0.2) is 36.4 Å². The molecule has 1 heterocycles. The number of nitro groups is 1. The molecular formula is C17H13ClNO5Y-. The summed E-state index contributed by atoms with van der Waals surface area (Å²) in [6.07, 6.45) is 0. The molecule has 0 N–H and O–H groups in total. The first-order valence-corrected chi connectivity index (χ1v) is 7.56. The smallest absolute Gasteiger partial charge is 0.313 e. The van der Waals surface area contributed by atoms with Crippen molar-refractivity contribution in [3.8, 4) is 11.5 Å². The molecule has 1 radical (unpaired) electrons. The third-order valence-corrected chi connectivity index (χ3v) is 4.22. The van der Waals surface area contributed by atoms with E-state index in [1.54, 1.807) is 36.4 Å². The molecule has 3 rings (SSSR count). The number of ether oxygens (including phenoxy) is 2. The number of carbonyl (C=O) groups excluding carboxylic acids is 1. The summed E-state index contributed by atoms with van der Waals surface area (Å²) in [5, 5.41) is 11.6. The monoisotopic (exact) mass is 435 g/mol. The molecule has 0 saturated carbocycles. The Bertz CT molecular complexity index is 813. The minimum absolute atomic E-state index is 0. The number of esters is 1. The van der Waals surface area contributed by atoms with Gasteiger partial charge in [-0.25, -0.2) is 0 Å². The minimum atomic E-state index is -0.897. The van der Waals surface area contributed by atoms with Crippen LogP contribution >= 0.6 is 11.6 Å². The normalized spacial score (nSPS) is 17.8. The number of fused-ring (bicyclic) bond motifs is 2. The molecule has 127 valence electrons. The van der Waals surface area contributed by atoms with Crippen LogP contribution < -0.4 is 4.74 Å². The van der Waals surface area contributed by atoms with E-state index in [0.717, 1.165) is 0 Å². The molecule has 0 saturated heterocycles. The van der Waals surface area contributed by atoms with Crippen molar-refractivity contribution in [3.05, 3.63) is 68.7 Å². The molecule has 8 heteroatoms. The Hall–Kier alpha value is -1.50. The molecule has 0 spiro atoms. The number of hydrogen-bond acceptors (Lipinski definition) is 5. The molecule has 1 aliphatic heterocycles. The molecule has 0 fully saturated rings. The number of methoxy groups -OCH3 is 1. The summed E-state index contributed by atoms with van der Waals surface area (Å²) in [5.74, 6) is -1.35. The fraction of sp³-hybridized carbons (Fsp3) is 0.235. The van der Waals surface area contributed by atoms with Crippen LogP contribution in [-0.2, 0) is 42.2 Å². The standard InChI is InChI=1S/C17H13ClNO5.Y/c1-23-17(20)16-12-8-10(18)6-7-15(12)24-14-5-3-2-4-11(14)13(16)9-19(21)22;/h3-8,13,16H,9H2,1H3;/q-1;/t13-,16-;/m1./s1. The maximum atomic E-state index is 12.4. The summed E-state index contributed by atoms with van der Waals surface area (Å²) in [6.45, 7) is -0.445. The molecule has 1 aliphatic rings. The van der Waals surface area contributed by atoms with E-state index in [0.29, 0.717) is 27.6 Å². The quantitative estimate of drug-likeness (QED) is 0.319. The van der Waals surface area contributed by atoms with E-state index in [1.807, 2.05) is 0 Å². The average Bonchev–Trinajstić information content (AvgIpc) is 2.68. The molecule has 2 aromatic rings. The van der Waals surface area contributed by atoms with Gasteiger partial charge in [-0.05, 0) is 18.2 Å². The first-order valence-electron chi connectivity index (χ1n) is 7.18. The van der Waals surface area contributed by atoms with Crippen molar-refractivity contribution < 1.29 is 51.9 Å². The second-order valence-corrected chi connectivity index (χ2v) is 5.81. The summed E-state index contributed by atoms with van der Waals surface area (Å²) in [4.78, 5) is 23.2. The molecule has 25 heavy (non-hydrogen) atoms. The van der Waals surface area contributed by atoms with Crippen LogP contribution in [0.4, 0.5) is 0 Å². The Kier molecular flexibility index (Phi) is 6.55. The van der Waals surface area contributed by atoms with E-state index in [-0.39, 0.29) is 32.7 Å². The number of hydrogen-bond donors (Lipinski definition) is 0. The molecule has 0 aliphatic carbocycles. The predicted octanol–water partition coefficient (Wildman–Crippen LogP) is 3.56. The van der Waals surface area contributed by atoms with Gasteiger partial charge in [0.2, 0.25) is 6.54 Å². The third kappa shape index (κ3) is 4.02. The van der Waals surface area contributed by atoms with Gasteiger partial charge in [0.05, 0.1) is 13.0 Å². The summed E-state index contributed by atoms with van der Waals surface area (Å²) in [7, 11) is 1.25. The van der Waals surface area contributed by atoms with Gasteiger partial charge in [0, 0.05) is 59.9 Å². The van der Waals surface area contributed by atoms with Gasteiger partial charge in [-0.3, -0.25) is 14.9 Å². The van der Waals surface area contributed by atoms with Crippen molar-refractivity contribution in [2.45, 2.75) is 11.8 Å². The summed E-state index contributed by atoms with van der Waals surface area (Å²) in [6, 6.07) is 12.7. The Balaban J connectivity index is 0.00000225. The third-order valence-electron chi connectivity index (χ3n) is 3.98. The number of halogens is 1. The summed E-state index contributed by atoms with van der Waals surface area (Å²) in [5.41, 5.74) is 1.01. The Labute approximate surface area is 174 Å². The van der Waals surface area contributed by atoms with E-state index in [1.165, 1.54) is 7.11 Å². The van der Waals surface area contributed by atoms with Gasteiger partial charge < -0.3 is 9.47 Å². The fourth-order valence-electron chi connectivity index (χ4n) is 2.96. The largest absolute Gasteiger partial charge is 0.482 e. The van der Waals surface area contributed by atoms with Crippen LogP contribution in [0, 0.1) is 16.2 Å². The molecule has 2 aromatic carbocycles. The van der Waals surface area contributed by atoms with Crippen LogP contribution in [0.3, 0.4) is 0 Å². The first kappa shape index (κ1) is 19.8. The molecular weight excluding hydrogens is 423 g/mol. The van der Waals surface area contributed by atoms with Crippen LogP contribution in [0.25, 0.3) is 0 Å². The summed E-state index contributed by atoms with van der Waals surface area (Å²) < 4.78 is 10.8. The van der Waals surface area contributed by atoms with Crippen LogP contribution in [0.2, 0.25) is 5.02 Å². The van der Waals surface area contributed by atoms with E-state index in [9.17, 15) is 14.9 Å². The van der Waals surface area contributed by atoms with Crippen molar-refractivity contribution in [1.82, 2.24) is 0 Å². The number of rotatable bonds is 3. The van der Waals surface area contributed by atoms with Gasteiger partial charge in [-0.2, -0.15) is 18.2 Å². The minimum Gasteiger partial charge on any atom is -0.482 e. The zero-order valence-corrected chi connectivity index (χ0v) is 16.9. The van der Waals surface area contributed by atoms with E-state index in [4.69, 9.17) is 21.1 Å².